The monoisotopic (exact) mass is 288 g/mol. The molecule has 0 atom stereocenters. The Kier molecular flexibility index (Phi) is 5.43. The van der Waals surface area contributed by atoms with Crippen molar-refractivity contribution < 1.29 is 9.59 Å². The lowest BCUT2D eigenvalue weighted by molar-refractivity contribution is -0.135. The predicted molar refractivity (Wildman–Crippen MR) is 79.6 cm³/mol. The van der Waals surface area contributed by atoms with Crippen molar-refractivity contribution in [3.05, 3.63) is 30.1 Å². The van der Waals surface area contributed by atoms with Crippen molar-refractivity contribution in [1.29, 1.82) is 0 Å². The van der Waals surface area contributed by atoms with Crippen LogP contribution in [0.4, 0.5) is 0 Å². The summed E-state index contributed by atoms with van der Waals surface area (Å²) in [6.07, 6.45) is 5.11. The summed E-state index contributed by atoms with van der Waals surface area (Å²) >= 11 is 0. The second kappa shape index (κ2) is 7.52. The van der Waals surface area contributed by atoms with Crippen molar-refractivity contribution in [2.24, 2.45) is 5.10 Å². The zero-order chi connectivity index (χ0) is 15.1. The molecule has 6 heteroatoms. The fourth-order valence-corrected chi connectivity index (χ4v) is 2.19. The van der Waals surface area contributed by atoms with E-state index in [1.165, 1.54) is 0 Å². The van der Waals surface area contributed by atoms with Gasteiger partial charge in [-0.15, -0.1) is 0 Å². The van der Waals surface area contributed by atoms with E-state index in [-0.39, 0.29) is 18.4 Å². The van der Waals surface area contributed by atoms with E-state index in [1.807, 2.05) is 18.2 Å². The number of carbonyl (C=O) groups is 2. The summed E-state index contributed by atoms with van der Waals surface area (Å²) in [5.74, 6) is -0.228. The maximum absolute atomic E-state index is 11.9. The van der Waals surface area contributed by atoms with Gasteiger partial charge in [-0.2, -0.15) is 5.10 Å². The van der Waals surface area contributed by atoms with Crippen LogP contribution >= 0.6 is 0 Å². The third-order valence-corrected chi connectivity index (χ3v) is 3.39. The van der Waals surface area contributed by atoms with Crippen molar-refractivity contribution in [3.63, 3.8) is 0 Å². The van der Waals surface area contributed by atoms with E-state index >= 15 is 0 Å². The zero-order valence-electron chi connectivity index (χ0n) is 12.2. The molecule has 1 fully saturated rings. The van der Waals surface area contributed by atoms with Gasteiger partial charge in [0.15, 0.2) is 0 Å². The summed E-state index contributed by atoms with van der Waals surface area (Å²) in [4.78, 5) is 29.4. The number of pyridine rings is 1. The first-order chi connectivity index (χ1) is 10.2. The number of aromatic nitrogens is 1. The molecule has 1 saturated heterocycles. The Hall–Kier alpha value is -2.24. The van der Waals surface area contributed by atoms with Gasteiger partial charge < -0.3 is 4.90 Å². The summed E-state index contributed by atoms with van der Waals surface area (Å²) in [5, 5.41) is 4.02. The number of nitrogens with one attached hydrogen (secondary N) is 1. The molecule has 0 aliphatic carbocycles. The third kappa shape index (κ3) is 4.66. The number of hydrogen-bond acceptors (Lipinski definition) is 4. The summed E-state index contributed by atoms with van der Waals surface area (Å²) in [6.45, 7) is 2.49. The molecular formula is C15H20N4O2. The van der Waals surface area contributed by atoms with Crippen molar-refractivity contribution in [3.8, 4) is 0 Å². The first-order valence-electron chi connectivity index (χ1n) is 7.19. The molecule has 0 radical (unpaired) electrons. The number of hydrazone groups is 1. The number of hydrogen-bond donors (Lipinski definition) is 1. The predicted octanol–water partition coefficient (Wildman–Crippen LogP) is 1.32. The molecule has 0 spiro atoms. The normalized spacial score (nSPS) is 16.5. The van der Waals surface area contributed by atoms with E-state index in [0.717, 1.165) is 19.3 Å². The van der Waals surface area contributed by atoms with Crippen LogP contribution in [0.2, 0.25) is 0 Å². The van der Waals surface area contributed by atoms with Crippen LogP contribution in [-0.4, -0.2) is 40.5 Å². The van der Waals surface area contributed by atoms with Crippen LogP contribution in [-0.2, 0) is 9.59 Å². The highest BCUT2D eigenvalue weighted by molar-refractivity contribution is 5.97. The second-order valence-electron chi connectivity index (χ2n) is 5.07. The van der Waals surface area contributed by atoms with Gasteiger partial charge >= 0.3 is 0 Å². The highest BCUT2D eigenvalue weighted by Crippen LogP contribution is 2.10. The molecule has 1 N–H and O–H groups in total. The highest BCUT2D eigenvalue weighted by atomic mass is 16.2. The van der Waals surface area contributed by atoms with Gasteiger partial charge in [0, 0.05) is 19.2 Å². The van der Waals surface area contributed by atoms with Gasteiger partial charge in [0.1, 0.15) is 6.54 Å². The van der Waals surface area contributed by atoms with Gasteiger partial charge in [0.25, 0.3) is 5.91 Å². The molecular weight excluding hydrogens is 268 g/mol. The molecule has 1 aliphatic rings. The molecule has 112 valence electrons. The van der Waals surface area contributed by atoms with Gasteiger partial charge in [-0.25, -0.2) is 5.43 Å². The molecule has 0 saturated carbocycles. The molecule has 1 aromatic rings. The quantitative estimate of drug-likeness (QED) is 0.671. The third-order valence-electron chi connectivity index (χ3n) is 3.39. The minimum Gasteiger partial charge on any atom is -0.333 e. The minimum atomic E-state index is -0.277. The van der Waals surface area contributed by atoms with Crippen LogP contribution in [0.3, 0.4) is 0 Å². The number of nitrogens with zero attached hydrogens (tertiary/aromatic N) is 3. The Balaban J connectivity index is 1.88. The lowest BCUT2D eigenvalue weighted by Crippen LogP contribution is -2.39. The fraction of sp³-hybridized carbons (Fsp3) is 0.467. The lowest BCUT2D eigenvalue weighted by Gasteiger charge is -2.18. The first-order valence-corrected chi connectivity index (χ1v) is 7.19. The van der Waals surface area contributed by atoms with E-state index in [4.69, 9.17) is 0 Å². The first kappa shape index (κ1) is 15.2. The Morgan fingerprint density at radius 3 is 3.00 bits per heavy atom. The van der Waals surface area contributed by atoms with Gasteiger partial charge in [-0.05, 0) is 31.9 Å². The molecule has 0 bridgehead atoms. The fourth-order valence-electron chi connectivity index (χ4n) is 2.19. The average molecular weight is 288 g/mol. The molecule has 2 rings (SSSR count). The Labute approximate surface area is 124 Å². The van der Waals surface area contributed by atoms with Crippen LogP contribution in [0.25, 0.3) is 0 Å². The van der Waals surface area contributed by atoms with E-state index in [1.54, 1.807) is 18.0 Å². The molecule has 1 aromatic heterocycles. The second-order valence-corrected chi connectivity index (χ2v) is 5.07. The summed E-state index contributed by atoms with van der Waals surface area (Å²) < 4.78 is 0. The van der Waals surface area contributed by atoms with Crippen LogP contribution in [0, 0.1) is 0 Å². The zero-order valence-corrected chi connectivity index (χ0v) is 12.2. The Morgan fingerprint density at radius 2 is 2.24 bits per heavy atom. The van der Waals surface area contributed by atoms with E-state index in [9.17, 15) is 9.59 Å². The maximum Gasteiger partial charge on any atom is 0.259 e. The topological polar surface area (TPSA) is 74.7 Å². The smallest absolute Gasteiger partial charge is 0.259 e. The Bertz CT molecular complexity index is 528. The van der Waals surface area contributed by atoms with Gasteiger partial charge in [0.2, 0.25) is 5.91 Å². The average Bonchev–Trinajstić information content (AvgIpc) is 2.71. The van der Waals surface area contributed by atoms with Crippen molar-refractivity contribution in [2.45, 2.75) is 32.6 Å². The summed E-state index contributed by atoms with van der Waals surface area (Å²) in [6, 6.07) is 5.50. The summed E-state index contributed by atoms with van der Waals surface area (Å²) in [7, 11) is 0. The maximum atomic E-state index is 11.9. The number of rotatable bonds is 4. The highest BCUT2D eigenvalue weighted by Gasteiger charge is 2.18. The largest absolute Gasteiger partial charge is 0.333 e. The van der Waals surface area contributed by atoms with Crippen LogP contribution < -0.4 is 5.43 Å². The standard InChI is InChI=1S/C15H20N4O2/c1-12(13-7-4-5-9-16-13)17-18-14(20)11-19-10-6-2-3-8-15(19)21/h4-5,7,9H,2-3,6,8,10-11H2,1H3,(H,18,20)/b17-12-. The van der Waals surface area contributed by atoms with Crippen LogP contribution in [0.15, 0.2) is 29.5 Å². The van der Waals surface area contributed by atoms with E-state index in [2.05, 4.69) is 15.5 Å². The van der Waals surface area contributed by atoms with Gasteiger partial charge in [0.05, 0.1) is 11.4 Å². The lowest BCUT2D eigenvalue weighted by atomic mass is 10.2. The van der Waals surface area contributed by atoms with Gasteiger partial charge in [-0.1, -0.05) is 12.5 Å². The molecule has 0 aromatic carbocycles. The van der Waals surface area contributed by atoms with Crippen molar-refractivity contribution in [2.75, 3.05) is 13.1 Å². The van der Waals surface area contributed by atoms with E-state index < -0.39 is 0 Å². The minimum absolute atomic E-state index is 0.0491. The summed E-state index contributed by atoms with van der Waals surface area (Å²) in [5.41, 5.74) is 3.83. The molecule has 21 heavy (non-hydrogen) atoms. The van der Waals surface area contributed by atoms with E-state index in [0.29, 0.717) is 24.4 Å². The molecule has 6 nitrogen and oxygen atoms in total. The van der Waals surface area contributed by atoms with Crippen molar-refractivity contribution in [1.82, 2.24) is 15.3 Å². The number of carbonyl (C=O) groups excluding carboxylic acids is 2. The molecule has 2 heterocycles. The number of likely N-dealkylation sites (tertiary alicyclic amines) is 1. The molecule has 2 amide bonds. The van der Waals surface area contributed by atoms with Gasteiger partial charge in [-0.3, -0.25) is 14.6 Å². The van der Waals surface area contributed by atoms with Crippen LogP contribution in [0.5, 0.6) is 0 Å². The molecule has 0 unspecified atom stereocenters. The van der Waals surface area contributed by atoms with Crippen molar-refractivity contribution >= 4 is 17.5 Å². The SMILES string of the molecule is C/C(=N/NC(=O)CN1CCCCCC1=O)c1ccccn1. The van der Waals surface area contributed by atoms with Crippen LogP contribution in [0.1, 0.15) is 38.3 Å². The number of amides is 2. The Morgan fingerprint density at radius 1 is 1.38 bits per heavy atom. The molecule has 1 aliphatic heterocycles.